The lowest BCUT2D eigenvalue weighted by atomic mass is 9.86. The summed E-state index contributed by atoms with van der Waals surface area (Å²) in [5, 5.41) is 0.689. The Hall–Kier alpha value is -2.13. The topological polar surface area (TPSA) is 43.1 Å². The highest BCUT2D eigenvalue weighted by molar-refractivity contribution is 6.30. The van der Waals surface area contributed by atoms with Gasteiger partial charge in [-0.05, 0) is 35.4 Å². The van der Waals surface area contributed by atoms with Crippen LogP contribution in [-0.4, -0.2) is 10.8 Å². The number of hydrogen-bond acceptors (Lipinski definition) is 3. The van der Waals surface area contributed by atoms with Crippen molar-refractivity contribution in [1.29, 1.82) is 0 Å². The first-order valence-corrected chi connectivity index (χ1v) is 13.8. The van der Waals surface area contributed by atoms with Crippen LogP contribution in [0.1, 0.15) is 118 Å². The largest absolute Gasteiger partial charge is 0.451 e. The Bertz CT molecular complexity index is 1080. The van der Waals surface area contributed by atoms with E-state index < -0.39 is 0 Å². The Balaban J connectivity index is 0.000000496. The summed E-state index contributed by atoms with van der Waals surface area (Å²) in [4.78, 5) is 17.1. The molecule has 3 aromatic rings. The second-order valence-electron chi connectivity index (χ2n) is 12.0. The van der Waals surface area contributed by atoms with E-state index in [1.165, 1.54) is 25.7 Å². The summed E-state index contributed by atoms with van der Waals surface area (Å²) < 4.78 is 5.93. The van der Waals surface area contributed by atoms with E-state index in [1.54, 1.807) is 6.07 Å². The number of Topliss-reactive ketones (excluding diaryl/α,β-unsaturated/α-hetero) is 1. The molecule has 2 aromatic heterocycles. The molecule has 0 aliphatic carbocycles. The van der Waals surface area contributed by atoms with Gasteiger partial charge in [0.2, 0.25) is 5.78 Å². The van der Waals surface area contributed by atoms with Gasteiger partial charge in [-0.15, -0.1) is 0 Å². The zero-order chi connectivity index (χ0) is 27.7. The lowest BCUT2D eigenvalue weighted by Crippen LogP contribution is -2.12. The zero-order valence-electron chi connectivity index (χ0n) is 24.5. The number of carbonyl (C=O) groups excluding carboxylic acids is 1. The number of carbonyl (C=O) groups is 1. The Morgan fingerprint density at radius 3 is 1.86 bits per heavy atom. The number of ketones is 1. The monoisotopic (exact) mass is 513 g/mol. The van der Waals surface area contributed by atoms with E-state index in [0.29, 0.717) is 27.3 Å². The van der Waals surface area contributed by atoms with Gasteiger partial charge in [-0.2, -0.15) is 0 Å². The van der Waals surface area contributed by atoms with Gasteiger partial charge in [-0.3, -0.25) is 4.79 Å². The summed E-state index contributed by atoms with van der Waals surface area (Å²) in [7, 11) is 0. The Morgan fingerprint density at radius 2 is 1.47 bits per heavy atom. The maximum Gasteiger partial charge on any atom is 0.200 e. The molecule has 200 valence electrons. The fourth-order valence-electron chi connectivity index (χ4n) is 3.50. The molecule has 4 heteroatoms. The Kier molecular flexibility index (Phi) is 12.4. The fraction of sp³-hybridized carbons (Fsp3) is 0.562. The van der Waals surface area contributed by atoms with Crippen LogP contribution in [0.2, 0.25) is 5.02 Å². The van der Waals surface area contributed by atoms with E-state index in [2.05, 4.69) is 62.3 Å². The molecule has 36 heavy (non-hydrogen) atoms. The molecule has 1 aromatic carbocycles. The van der Waals surface area contributed by atoms with E-state index >= 15 is 0 Å². The Morgan fingerprint density at radius 1 is 0.917 bits per heavy atom. The Labute approximate surface area is 225 Å². The van der Waals surface area contributed by atoms with Gasteiger partial charge in [0.15, 0.2) is 11.3 Å². The van der Waals surface area contributed by atoms with Gasteiger partial charge >= 0.3 is 0 Å². The first-order chi connectivity index (χ1) is 16.6. The van der Waals surface area contributed by atoms with E-state index in [4.69, 9.17) is 21.0 Å². The molecule has 0 bridgehead atoms. The number of hydrogen-bond donors (Lipinski definition) is 0. The molecule has 0 saturated carbocycles. The number of unbranched alkanes of at least 4 members (excludes halogenated alkanes) is 1. The summed E-state index contributed by atoms with van der Waals surface area (Å²) in [6.45, 7) is 23.5. The second kappa shape index (κ2) is 14.0. The molecule has 3 nitrogen and oxygen atoms in total. The number of aromatic nitrogens is 1. The SMILES string of the molecule is CC(C)C(=O)c1cc2nc(-c3ccc(Cl)cc3)cc(C(C)(C)C)c2o1.CCCC.CCCC(C)(C)C. The molecule has 3 rings (SSSR count). The smallest absolute Gasteiger partial charge is 0.200 e. The number of nitrogens with zero attached hydrogens (tertiary/aromatic N) is 1. The first kappa shape index (κ1) is 31.9. The van der Waals surface area contributed by atoms with Gasteiger partial charge in [-0.25, -0.2) is 4.98 Å². The van der Waals surface area contributed by atoms with E-state index in [9.17, 15) is 4.79 Å². The van der Waals surface area contributed by atoms with Crippen LogP contribution in [0.4, 0.5) is 0 Å². The highest BCUT2D eigenvalue weighted by atomic mass is 35.5. The first-order valence-electron chi connectivity index (χ1n) is 13.4. The maximum atomic E-state index is 12.3. The summed E-state index contributed by atoms with van der Waals surface area (Å²) in [5.74, 6) is 0.247. The van der Waals surface area contributed by atoms with Crippen LogP contribution in [0.25, 0.3) is 22.4 Å². The van der Waals surface area contributed by atoms with E-state index in [1.807, 2.05) is 44.2 Å². The number of pyridine rings is 1. The minimum Gasteiger partial charge on any atom is -0.451 e. The molecule has 0 N–H and O–H groups in total. The normalized spacial score (nSPS) is 11.6. The highest BCUT2D eigenvalue weighted by Gasteiger charge is 2.24. The molecular weight excluding hydrogens is 466 g/mol. The highest BCUT2D eigenvalue weighted by Crippen LogP contribution is 2.35. The number of rotatable bonds is 5. The summed E-state index contributed by atoms with van der Waals surface area (Å²) in [6.07, 6.45) is 5.29. The van der Waals surface area contributed by atoms with Gasteiger partial charge in [0.1, 0.15) is 5.52 Å². The van der Waals surface area contributed by atoms with Crippen molar-refractivity contribution in [2.24, 2.45) is 11.3 Å². The van der Waals surface area contributed by atoms with Crippen molar-refractivity contribution in [3.63, 3.8) is 0 Å². The number of furan rings is 1. The molecule has 0 aliphatic rings. The van der Waals surface area contributed by atoms with Gasteiger partial charge in [0, 0.05) is 28.1 Å². The molecule has 0 spiro atoms. The molecular formula is C32H48ClNO2. The molecule has 0 fully saturated rings. The standard InChI is InChI=1S/C21H22ClNO2.C7H16.C4H10/c1-12(2)19(24)18-11-17-20(25-18)15(21(3,4)5)10-16(23-17)13-6-8-14(22)9-7-13;1-5-6-7(2,3)4;1-3-4-2/h6-12H,1-5H3;5-6H2,1-4H3;3-4H2,1-2H3. The van der Waals surface area contributed by atoms with Crippen molar-refractivity contribution in [1.82, 2.24) is 4.98 Å². The van der Waals surface area contributed by atoms with Gasteiger partial charge in [-0.1, -0.05) is 119 Å². The molecule has 0 saturated heterocycles. The fourth-order valence-corrected chi connectivity index (χ4v) is 3.63. The second-order valence-corrected chi connectivity index (χ2v) is 12.4. The predicted octanol–water partition coefficient (Wildman–Crippen LogP) is 10.9. The summed E-state index contributed by atoms with van der Waals surface area (Å²) in [5.41, 5.74) is 4.67. The van der Waals surface area contributed by atoms with Crippen molar-refractivity contribution in [2.75, 3.05) is 0 Å². The number of fused-ring (bicyclic) bond motifs is 1. The third kappa shape index (κ3) is 10.1. The summed E-state index contributed by atoms with van der Waals surface area (Å²) in [6, 6.07) is 11.4. The van der Waals surface area contributed by atoms with Gasteiger partial charge < -0.3 is 4.42 Å². The van der Waals surface area contributed by atoms with Crippen LogP contribution in [0.5, 0.6) is 0 Å². The van der Waals surface area contributed by atoms with Crippen LogP contribution in [-0.2, 0) is 5.41 Å². The number of benzene rings is 1. The molecule has 0 amide bonds. The van der Waals surface area contributed by atoms with Crippen LogP contribution < -0.4 is 0 Å². The van der Waals surface area contributed by atoms with Gasteiger partial charge in [0.25, 0.3) is 0 Å². The zero-order valence-corrected chi connectivity index (χ0v) is 25.3. The third-order valence-corrected chi connectivity index (χ3v) is 5.95. The predicted molar refractivity (Wildman–Crippen MR) is 157 cm³/mol. The van der Waals surface area contributed by atoms with E-state index in [0.717, 1.165) is 16.8 Å². The molecule has 0 radical (unpaired) electrons. The number of halogens is 1. The minimum atomic E-state index is -0.141. The average Bonchev–Trinajstić information content (AvgIpc) is 3.21. The van der Waals surface area contributed by atoms with Crippen molar-refractivity contribution in [3.8, 4) is 11.3 Å². The van der Waals surface area contributed by atoms with Crippen molar-refractivity contribution in [3.05, 3.63) is 52.7 Å². The molecule has 0 unspecified atom stereocenters. The van der Waals surface area contributed by atoms with Crippen molar-refractivity contribution in [2.45, 2.75) is 107 Å². The lowest BCUT2D eigenvalue weighted by molar-refractivity contribution is 0.0913. The molecule has 0 atom stereocenters. The van der Waals surface area contributed by atoms with Crippen LogP contribution >= 0.6 is 11.6 Å². The van der Waals surface area contributed by atoms with Crippen LogP contribution in [0, 0.1) is 11.3 Å². The van der Waals surface area contributed by atoms with Crippen LogP contribution in [0.3, 0.4) is 0 Å². The van der Waals surface area contributed by atoms with Crippen molar-refractivity contribution >= 4 is 28.5 Å². The van der Waals surface area contributed by atoms with Crippen LogP contribution in [0.15, 0.2) is 40.8 Å². The van der Waals surface area contributed by atoms with Gasteiger partial charge in [0.05, 0.1) is 5.69 Å². The molecule has 2 heterocycles. The third-order valence-electron chi connectivity index (χ3n) is 5.69. The van der Waals surface area contributed by atoms with E-state index in [-0.39, 0.29) is 17.1 Å². The maximum absolute atomic E-state index is 12.3. The average molecular weight is 514 g/mol. The quantitative estimate of drug-likeness (QED) is 0.318. The van der Waals surface area contributed by atoms with Crippen molar-refractivity contribution < 1.29 is 9.21 Å². The summed E-state index contributed by atoms with van der Waals surface area (Å²) >= 11 is 5.99. The molecule has 0 aliphatic heterocycles. The minimum absolute atomic E-state index is 0.00842. The lowest BCUT2D eigenvalue weighted by Gasteiger charge is -2.20.